The Morgan fingerprint density at radius 3 is 2.92 bits per heavy atom. The second-order valence-corrected chi connectivity index (χ2v) is 5.97. The van der Waals surface area contributed by atoms with Gasteiger partial charge >= 0.3 is 0 Å². The average Bonchev–Trinajstić information content (AvgIpc) is 3.33. The Morgan fingerprint density at radius 1 is 1.23 bits per heavy atom. The summed E-state index contributed by atoms with van der Waals surface area (Å²) >= 11 is 0. The molecule has 0 radical (unpaired) electrons. The number of aromatic amines is 1. The van der Waals surface area contributed by atoms with Crippen molar-refractivity contribution in [2.24, 2.45) is 4.99 Å². The lowest BCUT2D eigenvalue weighted by atomic mass is 10.1. The molecule has 1 aromatic heterocycles. The Kier molecular flexibility index (Phi) is 5.87. The number of hydrogen-bond acceptors (Lipinski definition) is 3. The molecule has 0 fully saturated rings. The molecule has 2 N–H and O–H groups in total. The van der Waals surface area contributed by atoms with Crippen LogP contribution in [-0.2, 0) is 13.0 Å². The Labute approximate surface area is 169 Å². The Morgan fingerprint density at radius 2 is 2.12 bits per heavy atom. The zero-order valence-electron chi connectivity index (χ0n) is 14.5. The first-order chi connectivity index (χ1) is 12.3. The van der Waals surface area contributed by atoms with E-state index < -0.39 is 0 Å². The quantitative estimate of drug-likeness (QED) is 0.358. The molecular weight excluding hydrogens is 439 g/mol. The molecule has 1 aliphatic heterocycles. The van der Waals surface area contributed by atoms with Crippen LogP contribution in [0.5, 0.6) is 0 Å². The van der Waals surface area contributed by atoms with Gasteiger partial charge in [0.15, 0.2) is 11.8 Å². The fourth-order valence-electron chi connectivity index (χ4n) is 3.21. The molecule has 0 aliphatic carbocycles. The predicted octanol–water partition coefficient (Wildman–Crippen LogP) is 3.23. The summed E-state index contributed by atoms with van der Waals surface area (Å²) in [5.41, 5.74) is 4.81. The highest BCUT2D eigenvalue weighted by Crippen LogP contribution is 2.27. The number of aromatic nitrogens is 3. The van der Waals surface area contributed by atoms with Gasteiger partial charge in [-0.2, -0.15) is 5.10 Å². The summed E-state index contributed by atoms with van der Waals surface area (Å²) in [6.45, 7) is 1.66. The third-order valence-corrected chi connectivity index (χ3v) is 4.42. The van der Waals surface area contributed by atoms with Gasteiger partial charge in [0.05, 0.1) is 0 Å². The van der Waals surface area contributed by atoms with Gasteiger partial charge in [-0.15, -0.1) is 24.0 Å². The molecule has 2 aromatic carbocycles. The molecule has 0 saturated heterocycles. The van der Waals surface area contributed by atoms with Crippen molar-refractivity contribution in [2.45, 2.75) is 13.0 Å². The van der Waals surface area contributed by atoms with Crippen molar-refractivity contribution in [2.75, 3.05) is 18.5 Å². The summed E-state index contributed by atoms with van der Waals surface area (Å²) in [7, 11) is 1.83. The zero-order chi connectivity index (χ0) is 17.1. The van der Waals surface area contributed by atoms with Crippen molar-refractivity contribution in [1.29, 1.82) is 0 Å². The van der Waals surface area contributed by atoms with E-state index in [1.807, 2.05) is 19.2 Å². The molecule has 0 saturated carbocycles. The molecule has 1 aliphatic rings. The molecule has 0 bridgehead atoms. The first-order valence-electron chi connectivity index (χ1n) is 8.36. The number of halogens is 1. The third kappa shape index (κ3) is 3.72. The number of fused-ring (bicyclic) bond motifs is 1. The maximum atomic E-state index is 4.46. The van der Waals surface area contributed by atoms with E-state index in [0.29, 0.717) is 6.54 Å². The van der Waals surface area contributed by atoms with Crippen LogP contribution >= 0.6 is 24.0 Å². The summed E-state index contributed by atoms with van der Waals surface area (Å²) < 4.78 is 0. The molecule has 6 nitrogen and oxygen atoms in total. The fourth-order valence-corrected chi connectivity index (χ4v) is 3.21. The highest BCUT2D eigenvalue weighted by molar-refractivity contribution is 14.0. The van der Waals surface area contributed by atoms with Gasteiger partial charge in [0, 0.05) is 31.4 Å². The van der Waals surface area contributed by atoms with Crippen molar-refractivity contribution in [1.82, 2.24) is 20.5 Å². The minimum atomic E-state index is 0. The highest BCUT2D eigenvalue weighted by Gasteiger charge is 2.22. The Hall–Kier alpha value is -2.42. The van der Waals surface area contributed by atoms with E-state index in [-0.39, 0.29) is 24.0 Å². The monoisotopic (exact) mass is 460 g/mol. The number of nitrogens with zero attached hydrogens (tertiary/aromatic N) is 4. The molecule has 134 valence electrons. The fraction of sp³-hybridized carbons (Fsp3) is 0.211. The molecule has 4 rings (SSSR count). The second-order valence-electron chi connectivity index (χ2n) is 5.97. The van der Waals surface area contributed by atoms with E-state index >= 15 is 0 Å². The van der Waals surface area contributed by atoms with Crippen LogP contribution in [0.25, 0.3) is 11.4 Å². The van der Waals surface area contributed by atoms with Gasteiger partial charge in [-0.1, -0.05) is 36.4 Å². The van der Waals surface area contributed by atoms with Crippen LogP contribution in [0.4, 0.5) is 5.69 Å². The molecule has 0 amide bonds. The number of nitrogens with one attached hydrogen (secondary N) is 2. The predicted molar refractivity (Wildman–Crippen MR) is 115 cm³/mol. The zero-order valence-corrected chi connectivity index (χ0v) is 16.8. The first kappa shape index (κ1) is 18.4. The molecular formula is C19H21IN6. The van der Waals surface area contributed by atoms with Gasteiger partial charge in [-0.3, -0.25) is 10.1 Å². The van der Waals surface area contributed by atoms with Crippen LogP contribution < -0.4 is 10.2 Å². The van der Waals surface area contributed by atoms with E-state index in [1.54, 1.807) is 0 Å². The molecule has 3 aromatic rings. The summed E-state index contributed by atoms with van der Waals surface area (Å²) in [5, 5.41) is 10.3. The topological polar surface area (TPSA) is 69.2 Å². The Bertz CT molecular complexity index is 891. The van der Waals surface area contributed by atoms with Crippen LogP contribution in [0.15, 0.2) is 59.9 Å². The minimum absolute atomic E-state index is 0. The van der Waals surface area contributed by atoms with Gasteiger partial charge in [-0.05, 0) is 29.7 Å². The summed E-state index contributed by atoms with van der Waals surface area (Å²) in [4.78, 5) is 10.9. The number of anilines is 1. The summed E-state index contributed by atoms with van der Waals surface area (Å²) in [5.74, 6) is 1.68. The molecule has 2 heterocycles. The number of benzene rings is 2. The average molecular weight is 460 g/mol. The van der Waals surface area contributed by atoms with Crippen molar-refractivity contribution in [3.63, 3.8) is 0 Å². The van der Waals surface area contributed by atoms with Gasteiger partial charge in [0.1, 0.15) is 6.33 Å². The number of rotatable bonds is 3. The van der Waals surface area contributed by atoms with Gasteiger partial charge in [-0.25, -0.2) is 4.98 Å². The molecule has 0 spiro atoms. The molecule has 26 heavy (non-hydrogen) atoms. The molecule has 7 heteroatoms. The van der Waals surface area contributed by atoms with Crippen molar-refractivity contribution in [3.05, 3.63) is 66.0 Å². The van der Waals surface area contributed by atoms with Crippen molar-refractivity contribution >= 4 is 35.6 Å². The van der Waals surface area contributed by atoms with E-state index in [9.17, 15) is 0 Å². The van der Waals surface area contributed by atoms with E-state index in [2.05, 4.69) is 66.8 Å². The van der Waals surface area contributed by atoms with E-state index in [1.165, 1.54) is 23.1 Å². The van der Waals surface area contributed by atoms with Crippen LogP contribution in [0.1, 0.15) is 11.1 Å². The summed E-state index contributed by atoms with van der Waals surface area (Å²) in [6.07, 6.45) is 2.57. The Balaban J connectivity index is 0.00000196. The lowest BCUT2D eigenvalue weighted by Gasteiger charge is -2.22. The van der Waals surface area contributed by atoms with Gasteiger partial charge in [0.2, 0.25) is 0 Å². The number of H-pyrrole nitrogens is 1. The number of para-hydroxylation sites is 1. The number of hydrogen-bond donors (Lipinski definition) is 2. The normalized spacial score (nSPS) is 13.3. The second kappa shape index (κ2) is 8.31. The number of aliphatic imine (C=N–C) groups is 1. The van der Waals surface area contributed by atoms with Crippen LogP contribution in [0.3, 0.4) is 0 Å². The molecule has 0 atom stereocenters. The molecule has 0 unspecified atom stereocenters. The van der Waals surface area contributed by atoms with Crippen molar-refractivity contribution in [3.8, 4) is 11.4 Å². The van der Waals surface area contributed by atoms with Crippen LogP contribution in [-0.4, -0.2) is 34.7 Å². The SMILES string of the molecule is CN=C(NCc1cccc(-c2ncn[nH]2)c1)N1CCc2ccccc21.I. The van der Waals surface area contributed by atoms with Crippen molar-refractivity contribution < 1.29 is 0 Å². The minimum Gasteiger partial charge on any atom is -0.352 e. The first-order valence-corrected chi connectivity index (χ1v) is 8.36. The largest absolute Gasteiger partial charge is 0.352 e. The maximum Gasteiger partial charge on any atom is 0.198 e. The highest BCUT2D eigenvalue weighted by atomic mass is 127. The third-order valence-electron chi connectivity index (χ3n) is 4.42. The van der Waals surface area contributed by atoms with E-state index in [0.717, 1.165) is 30.3 Å². The smallest absolute Gasteiger partial charge is 0.198 e. The number of guanidine groups is 1. The standard InChI is InChI=1S/C19H20N6.HI/c1-20-19(25-10-9-15-6-2-3-8-17(15)25)21-12-14-5-4-7-16(11-14)18-22-13-23-24-18;/h2-8,11,13H,9-10,12H2,1H3,(H,20,21)(H,22,23,24);1H. The van der Waals surface area contributed by atoms with Gasteiger partial charge in [0.25, 0.3) is 0 Å². The summed E-state index contributed by atoms with van der Waals surface area (Å²) in [6, 6.07) is 16.8. The van der Waals surface area contributed by atoms with Gasteiger partial charge < -0.3 is 10.2 Å². The van der Waals surface area contributed by atoms with Crippen LogP contribution in [0, 0.1) is 0 Å². The lowest BCUT2D eigenvalue weighted by Crippen LogP contribution is -2.40. The lowest BCUT2D eigenvalue weighted by molar-refractivity contribution is 0.867. The maximum absolute atomic E-state index is 4.46. The van der Waals surface area contributed by atoms with E-state index in [4.69, 9.17) is 0 Å². The van der Waals surface area contributed by atoms with Crippen LogP contribution in [0.2, 0.25) is 0 Å².